The molecule has 0 unspecified atom stereocenters. The first-order valence-corrected chi connectivity index (χ1v) is 5.88. The zero-order valence-corrected chi connectivity index (χ0v) is 10.6. The van der Waals surface area contributed by atoms with Crippen molar-refractivity contribution in [2.45, 2.75) is 13.5 Å². The third kappa shape index (κ3) is 2.99. The lowest BCUT2D eigenvalue weighted by atomic mass is 10.2. The normalized spacial score (nSPS) is 10.4. The zero-order valence-electron chi connectivity index (χ0n) is 9.81. The average molecular weight is 268 g/mol. The standard InChI is InChI=1S/C14H12ClF2N/c1-9-5-11(16)7-12(6-9)18-8-10-3-2-4-13(17)14(10)15/h2-7,18H,8H2,1H3. The number of halogens is 3. The van der Waals surface area contributed by atoms with Gasteiger partial charge >= 0.3 is 0 Å². The molecule has 0 heterocycles. The van der Waals surface area contributed by atoms with E-state index in [0.717, 1.165) is 5.56 Å². The molecule has 4 heteroatoms. The van der Waals surface area contributed by atoms with Crippen LogP contribution in [0.25, 0.3) is 0 Å². The molecule has 0 aliphatic carbocycles. The molecular weight excluding hydrogens is 256 g/mol. The average Bonchev–Trinajstić information content (AvgIpc) is 2.30. The van der Waals surface area contributed by atoms with Crippen LogP contribution in [0.1, 0.15) is 11.1 Å². The molecule has 2 aromatic carbocycles. The van der Waals surface area contributed by atoms with Crippen LogP contribution in [0.5, 0.6) is 0 Å². The fourth-order valence-electron chi connectivity index (χ4n) is 1.72. The van der Waals surface area contributed by atoms with Crippen molar-refractivity contribution in [1.82, 2.24) is 0 Å². The summed E-state index contributed by atoms with van der Waals surface area (Å²) in [6, 6.07) is 9.27. The van der Waals surface area contributed by atoms with Crippen LogP contribution in [0.15, 0.2) is 36.4 Å². The van der Waals surface area contributed by atoms with Gasteiger partial charge in [0.1, 0.15) is 11.6 Å². The van der Waals surface area contributed by atoms with Crippen LogP contribution in [0.2, 0.25) is 5.02 Å². The van der Waals surface area contributed by atoms with Crippen molar-refractivity contribution in [2.75, 3.05) is 5.32 Å². The second-order valence-electron chi connectivity index (χ2n) is 4.08. The van der Waals surface area contributed by atoms with Crippen LogP contribution in [-0.4, -0.2) is 0 Å². The topological polar surface area (TPSA) is 12.0 Å². The molecule has 1 N–H and O–H groups in total. The zero-order chi connectivity index (χ0) is 13.1. The Balaban J connectivity index is 2.14. The van der Waals surface area contributed by atoms with Gasteiger partial charge < -0.3 is 5.32 Å². The highest BCUT2D eigenvalue weighted by Crippen LogP contribution is 2.21. The number of hydrogen-bond donors (Lipinski definition) is 1. The van der Waals surface area contributed by atoms with E-state index in [0.29, 0.717) is 17.8 Å². The van der Waals surface area contributed by atoms with Crippen LogP contribution in [0, 0.1) is 18.6 Å². The van der Waals surface area contributed by atoms with E-state index in [2.05, 4.69) is 5.32 Å². The molecule has 0 amide bonds. The maximum Gasteiger partial charge on any atom is 0.142 e. The second kappa shape index (κ2) is 5.36. The van der Waals surface area contributed by atoms with Crippen molar-refractivity contribution >= 4 is 17.3 Å². The number of rotatable bonds is 3. The summed E-state index contributed by atoms with van der Waals surface area (Å²) in [7, 11) is 0. The third-order valence-electron chi connectivity index (χ3n) is 2.56. The summed E-state index contributed by atoms with van der Waals surface area (Å²) >= 11 is 5.83. The van der Waals surface area contributed by atoms with Gasteiger partial charge in [-0.25, -0.2) is 8.78 Å². The van der Waals surface area contributed by atoms with E-state index < -0.39 is 5.82 Å². The van der Waals surface area contributed by atoms with Crippen LogP contribution < -0.4 is 5.32 Å². The molecule has 2 aromatic rings. The Bertz CT molecular complexity index is 549. The molecule has 2 rings (SSSR count). The molecule has 0 bridgehead atoms. The lowest BCUT2D eigenvalue weighted by molar-refractivity contribution is 0.625. The van der Waals surface area contributed by atoms with E-state index in [1.54, 1.807) is 12.1 Å². The van der Waals surface area contributed by atoms with E-state index in [1.165, 1.54) is 18.2 Å². The van der Waals surface area contributed by atoms with Gasteiger partial charge in [0.2, 0.25) is 0 Å². The van der Waals surface area contributed by atoms with Crippen molar-refractivity contribution in [3.05, 3.63) is 64.2 Å². The van der Waals surface area contributed by atoms with Gasteiger partial charge in [0, 0.05) is 12.2 Å². The van der Waals surface area contributed by atoms with Crippen molar-refractivity contribution < 1.29 is 8.78 Å². The Morgan fingerprint density at radius 2 is 1.94 bits per heavy atom. The first kappa shape index (κ1) is 12.8. The maximum absolute atomic E-state index is 13.2. The van der Waals surface area contributed by atoms with Gasteiger partial charge in [-0.2, -0.15) is 0 Å². The maximum atomic E-state index is 13.2. The number of benzene rings is 2. The lowest BCUT2D eigenvalue weighted by Gasteiger charge is -2.09. The monoisotopic (exact) mass is 267 g/mol. The van der Waals surface area contributed by atoms with Gasteiger partial charge in [-0.05, 0) is 42.3 Å². The largest absolute Gasteiger partial charge is 0.381 e. The van der Waals surface area contributed by atoms with E-state index >= 15 is 0 Å². The van der Waals surface area contributed by atoms with E-state index in [-0.39, 0.29) is 10.8 Å². The Kier molecular flexibility index (Phi) is 3.82. The van der Waals surface area contributed by atoms with Gasteiger partial charge in [0.25, 0.3) is 0 Å². The fourth-order valence-corrected chi connectivity index (χ4v) is 1.91. The molecule has 0 radical (unpaired) electrons. The summed E-state index contributed by atoms with van der Waals surface area (Å²) in [6.45, 7) is 2.16. The number of hydrogen-bond acceptors (Lipinski definition) is 1. The Morgan fingerprint density at radius 3 is 2.67 bits per heavy atom. The van der Waals surface area contributed by atoms with Crippen molar-refractivity contribution in [2.24, 2.45) is 0 Å². The summed E-state index contributed by atoms with van der Waals surface area (Å²) in [6.07, 6.45) is 0. The molecule has 18 heavy (non-hydrogen) atoms. The Labute approximate surface area is 109 Å². The molecular formula is C14H12ClF2N. The van der Waals surface area contributed by atoms with Gasteiger partial charge in [-0.3, -0.25) is 0 Å². The molecule has 1 nitrogen and oxygen atoms in total. The van der Waals surface area contributed by atoms with Gasteiger partial charge in [-0.15, -0.1) is 0 Å². The smallest absolute Gasteiger partial charge is 0.142 e. The highest BCUT2D eigenvalue weighted by molar-refractivity contribution is 6.31. The van der Waals surface area contributed by atoms with E-state index in [9.17, 15) is 8.78 Å². The SMILES string of the molecule is Cc1cc(F)cc(NCc2cccc(F)c2Cl)c1. The van der Waals surface area contributed by atoms with Gasteiger partial charge in [-0.1, -0.05) is 23.7 Å². The fraction of sp³-hybridized carbons (Fsp3) is 0.143. The summed E-state index contributed by atoms with van der Waals surface area (Å²) in [5.41, 5.74) is 2.11. The molecule has 0 fully saturated rings. The number of aryl methyl sites for hydroxylation is 1. The van der Waals surface area contributed by atoms with Gasteiger partial charge in [0.05, 0.1) is 5.02 Å². The Morgan fingerprint density at radius 1 is 1.17 bits per heavy atom. The number of anilines is 1. The quantitative estimate of drug-likeness (QED) is 0.861. The molecule has 0 aliphatic heterocycles. The molecule has 0 spiro atoms. The third-order valence-corrected chi connectivity index (χ3v) is 2.98. The molecule has 0 atom stereocenters. The molecule has 94 valence electrons. The van der Waals surface area contributed by atoms with E-state index in [4.69, 9.17) is 11.6 Å². The Hall–Kier alpha value is -1.61. The highest BCUT2D eigenvalue weighted by atomic mass is 35.5. The summed E-state index contributed by atoms with van der Waals surface area (Å²) in [5, 5.41) is 3.12. The minimum atomic E-state index is -0.452. The molecule has 0 saturated heterocycles. The van der Waals surface area contributed by atoms with Crippen LogP contribution in [-0.2, 0) is 6.54 Å². The minimum Gasteiger partial charge on any atom is -0.381 e. The highest BCUT2D eigenvalue weighted by Gasteiger charge is 2.05. The first-order chi connectivity index (χ1) is 8.56. The molecule has 0 aromatic heterocycles. The lowest BCUT2D eigenvalue weighted by Crippen LogP contribution is -2.01. The van der Waals surface area contributed by atoms with Crippen LogP contribution >= 0.6 is 11.6 Å². The second-order valence-corrected chi connectivity index (χ2v) is 4.46. The van der Waals surface area contributed by atoms with Crippen molar-refractivity contribution in [3.8, 4) is 0 Å². The summed E-state index contributed by atoms with van der Waals surface area (Å²) in [4.78, 5) is 0. The summed E-state index contributed by atoms with van der Waals surface area (Å²) in [5.74, 6) is -0.755. The van der Waals surface area contributed by atoms with E-state index in [1.807, 2.05) is 13.0 Å². The minimum absolute atomic E-state index is 0.0955. The van der Waals surface area contributed by atoms with Gasteiger partial charge in [0.15, 0.2) is 0 Å². The predicted molar refractivity (Wildman–Crippen MR) is 69.9 cm³/mol. The van der Waals surface area contributed by atoms with Crippen LogP contribution in [0.4, 0.5) is 14.5 Å². The molecule has 0 saturated carbocycles. The first-order valence-electron chi connectivity index (χ1n) is 5.50. The van der Waals surface area contributed by atoms with Crippen molar-refractivity contribution in [1.29, 1.82) is 0 Å². The number of nitrogens with one attached hydrogen (secondary N) is 1. The summed E-state index contributed by atoms with van der Waals surface area (Å²) < 4.78 is 26.4. The predicted octanol–water partition coefficient (Wildman–Crippen LogP) is 4.54. The van der Waals surface area contributed by atoms with Crippen LogP contribution in [0.3, 0.4) is 0 Å². The van der Waals surface area contributed by atoms with Crippen molar-refractivity contribution in [3.63, 3.8) is 0 Å². The molecule has 0 aliphatic rings.